The van der Waals surface area contributed by atoms with Gasteiger partial charge in [0.25, 0.3) is 0 Å². The summed E-state index contributed by atoms with van der Waals surface area (Å²) in [6.07, 6.45) is 1.03. The molecule has 4 nitrogen and oxygen atoms in total. The molecule has 0 spiro atoms. The Morgan fingerprint density at radius 3 is 3.00 bits per heavy atom. The van der Waals surface area contributed by atoms with Gasteiger partial charge in [0.05, 0.1) is 6.04 Å². The fraction of sp³-hybridized carbons (Fsp3) is 0.455. The highest BCUT2D eigenvalue weighted by atomic mass is 79.9. The van der Waals surface area contributed by atoms with Crippen LogP contribution in [0.3, 0.4) is 0 Å². The molecule has 6 heteroatoms. The van der Waals surface area contributed by atoms with Gasteiger partial charge in [0.15, 0.2) is 0 Å². The highest BCUT2D eigenvalue weighted by Gasteiger charge is 2.31. The largest absolute Gasteiger partial charge is 0.301 e. The second-order valence-corrected chi connectivity index (χ2v) is 5.91. The number of rotatable bonds is 3. The summed E-state index contributed by atoms with van der Waals surface area (Å²) < 4.78 is 1.06. The van der Waals surface area contributed by atoms with E-state index >= 15 is 0 Å². The summed E-state index contributed by atoms with van der Waals surface area (Å²) in [5.41, 5.74) is 0. The fourth-order valence-electron chi connectivity index (χ4n) is 1.78. The number of thiophene rings is 1. The highest BCUT2D eigenvalue weighted by Crippen LogP contribution is 2.20. The van der Waals surface area contributed by atoms with Gasteiger partial charge in [-0.3, -0.25) is 14.5 Å². The number of carbonyl (C=O) groups excluding carboxylic acids is 2. The van der Waals surface area contributed by atoms with E-state index in [-0.39, 0.29) is 17.9 Å². The molecule has 1 atom stereocenters. The minimum atomic E-state index is -0.237. The molecule has 0 aliphatic carbocycles. The average molecular weight is 317 g/mol. The zero-order valence-electron chi connectivity index (χ0n) is 9.40. The molecule has 92 valence electrons. The van der Waals surface area contributed by atoms with Crippen LogP contribution in [0.5, 0.6) is 0 Å². The first kappa shape index (κ1) is 12.7. The maximum absolute atomic E-state index is 11.8. The molecule has 1 aliphatic heterocycles. The SMILES string of the molecule is CN1C(=O)CCC(NCc2cc(Br)cs2)C1=O. The van der Waals surface area contributed by atoms with Crippen molar-refractivity contribution in [1.29, 1.82) is 0 Å². The summed E-state index contributed by atoms with van der Waals surface area (Å²) in [7, 11) is 1.54. The van der Waals surface area contributed by atoms with Gasteiger partial charge in [-0.1, -0.05) is 0 Å². The standard InChI is InChI=1S/C11H13BrN2O2S/c1-14-10(15)3-2-9(11(14)16)13-5-8-4-7(12)6-17-8/h4,6,9,13H,2-3,5H2,1H3. The summed E-state index contributed by atoms with van der Waals surface area (Å²) in [5.74, 6) is -0.219. The molecule has 0 saturated carbocycles. The number of nitrogens with zero attached hydrogens (tertiary/aromatic N) is 1. The number of likely N-dealkylation sites (tertiary alicyclic amines) is 1. The zero-order chi connectivity index (χ0) is 12.4. The lowest BCUT2D eigenvalue weighted by molar-refractivity contribution is -0.148. The third-order valence-corrected chi connectivity index (χ3v) is 4.49. The fourth-order valence-corrected chi connectivity index (χ4v) is 3.18. The maximum atomic E-state index is 11.8. The Kier molecular flexibility index (Phi) is 3.96. The lowest BCUT2D eigenvalue weighted by Crippen LogP contribution is -2.51. The first-order valence-corrected chi connectivity index (χ1v) is 7.02. The Morgan fingerprint density at radius 2 is 2.35 bits per heavy atom. The van der Waals surface area contributed by atoms with E-state index in [1.165, 1.54) is 9.78 Å². The van der Waals surface area contributed by atoms with Gasteiger partial charge in [-0.25, -0.2) is 0 Å². The van der Waals surface area contributed by atoms with E-state index in [1.54, 1.807) is 18.4 Å². The quantitative estimate of drug-likeness (QED) is 0.864. The first-order valence-electron chi connectivity index (χ1n) is 5.34. The second-order valence-electron chi connectivity index (χ2n) is 3.99. The number of likely N-dealkylation sites (N-methyl/N-ethyl adjacent to an activating group) is 1. The van der Waals surface area contributed by atoms with Gasteiger partial charge in [0, 0.05) is 34.7 Å². The Hall–Kier alpha value is -0.720. The summed E-state index contributed by atoms with van der Waals surface area (Å²) in [6.45, 7) is 0.661. The molecule has 1 fully saturated rings. The van der Waals surface area contributed by atoms with Crippen LogP contribution in [0, 0.1) is 0 Å². The number of halogens is 1. The normalized spacial score (nSPS) is 21.1. The van der Waals surface area contributed by atoms with E-state index in [4.69, 9.17) is 0 Å². The number of imide groups is 1. The predicted octanol–water partition coefficient (Wildman–Crippen LogP) is 1.75. The van der Waals surface area contributed by atoms with Crippen LogP contribution in [0.25, 0.3) is 0 Å². The smallest absolute Gasteiger partial charge is 0.246 e. The van der Waals surface area contributed by atoms with Crippen molar-refractivity contribution in [2.45, 2.75) is 25.4 Å². The summed E-state index contributed by atoms with van der Waals surface area (Å²) in [6, 6.07) is 1.79. The van der Waals surface area contributed by atoms with Crippen LogP contribution >= 0.6 is 27.3 Å². The van der Waals surface area contributed by atoms with Gasteiger partial charge in [-0.2, -0.15) is 0 Å². The van der Waals surface area contributed by atoms with Crippen LogP contribution in [-0.4, -0.2) is 29.8 Å². The lowest BCUT2D eigenvalue weighted by Gasteiger charge is -2.28. The van der Waals surface area contributed by atoms with Crippen LogP contribution in [0.4, 0.5) is 0 Å². The van der Waals surface area contributed by atoms with Gasteiger partial charge in [0.1, 0.15) is 0 Å². The number of hydrogen-bond donors (Lipinski definition) is 1. The van der Waals surface area contributed by atoms with Gasteiger partial charge in [-0.15, -0.1) is 11.3 Å². The van der Waals surface area contributed by atoms with Gasteiger partial charge in [0.2, 0.25) is 11.8 Å². The van der Waals surface area contributed by atoms with Crippen LogP contribution < -0.4 is 5.32 Å². The lowest BCUT2D eigenvalue weighted by atomic mass is 10.0. The molecule has 1 unspecified atom stereocenters. The molecule has 2 heterocycles. The summed E-state index contributed by atoms with van der Waals surface area (Å²) >= 11 is 5.03. The van der Waals surface area contributed by atoms with Crippen LogP contribution in [-0.2, 0) is 16.1 Å². The van der Waals surface area contributed by atoms with Gasteiger partial charge >= 0.3 is 0 Å². The molecule has 2 amide bonds. The van der Waals surface area contributed by atoms with E-state index in [2.05, 4.69) is 21.2 Å². The highest BCUT2D eigenvalue weighted by molar-refractivity contribution is 9.10. The molecule has 1 aromatic heterocycles. The van der Waals surface area contributed by atoms with Crippen molar-refractivity contribution in [2.24, 2.45) is 0 Å². The number of amides is 2. The Balaban J connectivity index is 1.91. The molecule has 2 rings (SSSR count). The molecule has 0 bridgehead atoms. The van der Waals surface area contributed by atoms with Crippen LogP contribution in [0.2, 0.25) is 0 Å². The van der Waals surface area contributed by atoms with Gasteiger partial charge < -0.3 is 5.32 Å². The Bertz CT molecular complexity index is 446. The van der Waals surface area contributed by atoms with Crippen molar-refractivity contribution in [1.82, 2.24) is 10.2 Å². The van der Waals surface area contributed by atoms with Crippen molar-refractivity contribution < 1.29 is 9.59 Å². The summed E-state index contributed by atoms with van der Waals surface area (Å²) in [5, 5.41) is 5.21. The summed E-state index contributed by atoms with van der Waals surface area (Å²) in [4.78, 5) is 25.5. The molecule has 1 N–H and O–H groups in total. The third kappa shape index (κ3) is 2.94. The van der Waals surface area contributed by atoms with E-state index < -0.39 is 0 Å². The molecular weight excluding hydrogens is 304 g/mol. The number of hydrogen-bond acceptors (Lipinski definition) is 4. The van der Waals surface area contributed by atoms with E-state index in [1.807, 2.05) is 11.4 Å². The molecule has 1 aromatic rings. The molecule has 1 aliphatic rings. The van der Waals surface area contributed by atoms with Crippen molar-refractivity contribution in [2.75, 3.05) is 7.05 Å². The molecule has 0 radical (unpaired) electrons. The maximum Gasteiger partial charge on any atom is 0.246 e. The minimum absolute atomic E-state index is 0.0908. The van der Waals surface area contributed by atoms with Crippen LogP contribution in [0.15, 0.2) is 15.9 Å². The molecule has 0 aromatic carbocycles. The Morgan fingerprint density at radius 1 is 1.59 bits per heavy atom. The Labute approximate surface area is 112 Å². The first-order chi connectivity index (χ1) is 8.08. The van der Waals surface area contributed by atoms with E-state index in [0.717, 1.165) is 4.47 Å². The number of carbonyl (C=O) groups is 2. The van der Waals surface area contributed by atoms with E-state index in [0.29, 0.717) is 19.4 Å². The second kappa shape index (κ2) is 5.29. The molecule has 1 saturated heterocycles. The monoisotopic (exact) mass is 316 g/mol. The van der Waals surface area contributed by atoms with Crippen molar-refractivity contribution >= 4 is 39.1 Å². The number of nitrogens with one attached hydrogen (secondary N) is 1. The minimum Gasteiger partial charge on any atom is -0.301 e. The van der Waals surface area contributed by atoms with E-state index in [9.17, 15) is 9.59 Å². The van der Waals surface area contributed by atoms with Crippen molar-refractivity contribution in [3.63, 3.8) is 0 Å². The molecule has 17 heavy (non-hydrogen) atoms. The molecular formula is C11H13BrN2O2S. The topological polar surface area (TPSA) is 49.4 Å². The number of piperidine rings is 1. The third-order valence-electron chi connectivity index (χ3n) is 2.79. The van der Waals surface area contributed by atoms with Crippen LogP contribution in [0.1, 0.15) is 17.7 Å². The van der Waals surface area contributed by atoms with Crippen molar-refractivity contribution in [3.05, 3.63) is 20.8 Å². The van der Waals surface area contributed by atoms with Crippen molar-refractivity contribution in [3.8, 4) is 0 Å². The average Bonchev–Trinajstić information content (AvgIpc) is 2.71. The van der Waals surface area contributed by atoms with Gasteiger partial charge in [-0.05, 0) is 28.4 Å². The predicted molar refractivity (Wildman–Crippen MR) is 69.7 cm³/mol. The zero-order valence-corrected chi connectivity index (χ0v) is 11.8.